The number of nitrogens with one attached hydrogen (secondary N) is 2. The first-order chi connectivity index (χ1) is 7.61. The molecule has 0 saturated carbocycles. The van der Waals surface area contributed by atoms with E-state index >= 15 is 0 Å². The Kier molecular flexibility index (Phi) is 5.53. The molecule has 0 radical (unpaired) electrons. The molecule has 0 fully saturated rings. The molecule has 0 aliphatic heterocycles. The summed E-state index contributed by atoms with van der Waals surface area (Å²) in [6.45, 7) is 8.51. The highest BCUT2D eigenvalue weighted by molar-refractivity contribution is 5.77. The van der Waals surface area contributed by atoms with Crippen molar-refractivity contribution < 1.29 is 4.79 Å². The van der Waals surface area contributed by atoms with E-state index in [1.54, 1.807) is 0 Å². The molecule has 92 valence electrons. The van der Waals surface area contributed by atoms with Gasteiger partial charge in [0.25, 0.3) is 0 Å². The highest BCUT2D eigenvalue weighted by Gasteiger charge is 2.17. The van der Waals surface area contributed by atoms with Crippen LogP contribution in [0.4, 0.5) is 0 Å². The summed E-state index contributed by atoms with van der Waals surface area (Å²) in [6, 6.07) is 0. The summed E-state index contributed by atoms with van der Waals surface area (Å²) in [6.07, 6.45) is 4.77. The minimum Gasteiger partial charge on any atom is -0.355 e. The summed E-state index contributed by atoms with van der Waals surface area (Å²) >= 11 is 0. The van der Waals surface area contributed by atoms with Gasteiger partial charge in [-0.15, -0.1) is 0 Å². The van der Waals surface area contributed by atoms with Crippen molar-refractivity contribution in [3.63, 3.8) is 0 Å². The van der Waals surface area contributed by atoms with Crippen LogP contribution in [0, 0.1) is 11.8 Å². The van der Waals surface area contributed by atoms with Crippen LogP contribution < -0.4 is 10.6 Å². The first-order valence-corrected chi connectivity index (χ1v) is 6.26. The van der Waals surface area contributed by atoms with Crippen molar-refractivity contribution in [3.8, 4) is 0 Å². The van der Waals surface area contributed by atoms with Gasteiger partial charge in [0.1, 0.15) is 0 Å². The van der Waals surface area contributed by atoms with Gasteiger partial charge in [-0.05, 0) is 45.1 Å². The third-order valence-electron chi connectivity index (χ3n) is 2.98. The summed E-state index contributed by atoms with van der Waals surface area (Å²) in [5.41, 5.74) is 1.49. The van der Waals surface area contributed by atoms with Gasteiger partial charge in [0.2, 0.25) is 5.91 Å². The van der Waals surface area contributed by atoms with Crippen LogP contribution in [0.5, 0.6) is 0 Å². The Hall–Kier alpha value is -0.830. The molecule has 2 N–H and O–H groups in total. The summed E-state index contributed by atoms with van der Waals surface area (Å²) in [5.74, 6) is 1.47. The van der Waals surface area contributed by atoms with E-state index in [-0.39, 0.29) is 5.91 Å². The minimum absolute atomic E-state index is 0.0959. The quantitative estimate of drug-likeness (QED) is 0.698. The molecular weight excluding hydrogens is 200 g/mol. The van der Waals surface area contributed by atoms with Crippen LogP contribution in [0.15, 0.2) is 11.6 Å². The van der Waals surface area contributed by atoms with Crippen molar-refractivity contribution >= 4 is 5.91 Å². The zero-order valence-electron chi connectivity index (χ0n) is 10.7. The summed E-state index contributed by atoms with van der Waals surface area (Å²) in [5, 5.41) is 6.03. The largest absolute Gasteiger partial charge is 0.355 e. The van der Waals surface area contributed by atoms with Gasteiger partial charge in [0, 0.05) is 6.54 Å². The van der Waals surface area contributed by atoms with Crippen molar-refractivity contribution in [2.45, 2.75) is 33.6 Å². The number of carbonyl (C=O) groups excluding carboxylic acids is 1. The molecule has 1 amide bonds. The molecule has 0 heterocycles. The Morgan fingerprint density at radius 1 is 1.56 bits per heavy atom. The molecule has 0 bridgehead atoms. The van der Waals surface area contributed by atoms with E-state index in [0.717, 1.165) is 6.54 Å². The standard InChI is InChI=1S/C13H24N2O/c1-4-15-13(16)9-14-8-12-6-10(2)5-11(3)7-12/h5,10,12,14H,4,6-9H2,1-3H3,(H,15,16). The number of carbonyl (C=O) groups is 1. The molecule has 16 heavy (non-hydrogen) atoms. The van der Waals surface area contributed by atoms with E-state index in [9.17, 15) is 4.79 Å². The van der Waals surface area contributed by atoms with Crippen LogP contribution in [0.1, 0.15) is 33.6 Å². The molecule has 0 spiro atoms. The Labute approximate surface area is 98.7 Å². The third kappa shape index (κ3) is 4.79. The van der Waals surface area contributed by atoms with Gasteiger partial charge >= 0.3 is 0 Å². The molecule has 0 aromatic heterocycles. The second-order valence-electron chi connectivity index (χ2n) is 4.88. The Morgan fingerprint density at radius 2 is 2.31 bits per heavy atom. The maximum atomic E-state index is 11.2. The van der Waals surface area contributed by atoms with Crippen LogP contribution in [-0.4, -0.2) is 25.5 Å². The Balaban J connectivity index is 2.19. The van der Waals surface area contributed by atoms with Crippen molar-refractivity contribution in [2.24, 2.45) is 11.8 Å². The Bertz CT molecular complexity index is 261. The fourth-order valence-electron chi connectivity index (χ4n) is 2.49. The van der Waals surface area contributed by atoms with Gasteiger partial charge < -0.3 is 10.6 Å². The normalized spacial score (nSPS) is 25.1. The minimum atomic E-state index is 0.0959. The van der Waals surface area contributed by atoms with Gasteiger partial charge in [0.05, 0.1) is 6.54 Å². The summed E-state index contributed by atoms with van der Waals surface area (Å²) < 4.78 is 0. The number of hydrogen-bond acceptors (Lipinski definition) is 2. The molecule has 3 nitrogen and oxygen atoms in total. The van der Waals surface area contributed by atoms with E-state index in [1.165, 1.54) is 18.4 Å². The molecule has 0 aromatic carbocycles. The fraction of sp³-hybridized carbons (Fsp3) is 0.769. The average Bonchev–Trinajstić information content (AvgIpc) is 2.16. The van der Waals surface area contributed by atoms with E-state index < -0.39 is 0 Å². The predicted octanol–water partition coefficient (Wildman–Crippen LogP) is 1.70. The lowest BCUT2D eigenvalue weighted by atomic mass is 9.84. The highest BCUT2D eigenvalue weighted by atomic mass is 16.1. The van der Waals surface area contributed by atoms with Gasteiger partial charge in [-0.3, -0.25) is 4.79 Å². The highest BCUT2D eigenvalue weighted by Crippen LogP contribution is 2.26. The molecule has 1 rings (SSSR count). The van der Waals surface area contributed by atoms with Crippen LogP contribution in [0.25, 0.3) is 0 Å². The van der Waals surface area contributed by atoms with Gasteiger partial charge in [-0.1, -0.05) is 18.6 Å². The second-order valence-corrected chi connectivity index (χ2v) is 4.88. The molecule has 0 saturated heterocycles. The van der Waals surface area contributed by atoms with Crippen LogP contribution in [0.2, 0.25) is 0 Å². The molecule has 1 aliphatic rings. The van der Waals surface area contributed by atoms with Crippen molar-refractivity contribution in [1.82, 2.24) is 10.6 Å². The fourth-order valence-corrected chi connectivity index (χ4v) is 2.49. The lowest BCUT2D eigenvalue weighted by Gasteiger charge is -2.25. The first-order valence-electron chi connectivity index (χ1n) is 6.26. The summed E-state index contributed by atoms with van der Waals surface area (Å²) in [4.78, 5) is 11.2. The SMILES string of the molecule is CCNC(=O)CNCC1CC(C)=CC(C)C1. The zero-order chi connectivity index (χ0) is 12.0. The zero-order valence-corrected chi connectivity index (χ0v) is 10.7. The van der Waals surface area contributed by atoms with Crippen LogP contribution >= 0.6 is 0 Å². The van der Waals surface area contributed by atoms with Crippen LogP contribution in [-0.2, 0) is 4.79 Å². The number of likely N-dealkylation sites (N-methyl/N-ethyl adjacent to an activating group) is 1. The predicted molar refractivity (Wildman–Crippen MR) is 67.2 cm³/mol. The molecule has 1 aliphatic carbocycles. The molecule has 0 aromatic rings. The number of rotatable bonds is 5. The van der Waals surface area contributed by atoms with Crippen molar-refractivity contribution in [3.05, 3.63) is 11.6 Å². The smallest absolute Gasteiger partial charge is 0.233 e. The van der Waals surface area contributed by atoms with Crippen molar-refractivity contribution in [2.75, 3.05) is 19.6 Å². The van der Waals surface area contributed by atoms with Crippen molar-refractivity contribution in [1.29, 1.82) is 0 Å². The third-order valence-corrected chi connectivity index (χ3v) is 2.98. The maximum Gasteiger partial charge on any atom is 0.233 e. The molecule has 2 unspecified atom stereocenters. The molecule has 3 heteroatoms. The summed E-state index contributed by atoms with van der Waals surface area (Å²) in [7, 11) is 0. The number of hydrogen-bond donors (Lipinski definition) is 2. The molecular formula is C13H24N2O. The van der Waals surface area contributed by atoms with Crippen LogP contribution in [0.3, 0.4) is 0 Å². The number of amides is 1. The topological polar surface area (TPSA) is 41.1 Å². The van der Waals surface area contributed by atoms with E-state index in [4.69, 9.17) is 0 Å². The lowest BCUT2D eigenvalue weighted by Crippen LogP contribution is -2.36. The monoisotopic (exact) mass is 224 g/mol. The molecule has 2 atom stereocenters. The Morgan fingerprint density at radius 3 is 2.94 bits per heavy atom. The second kappa shape index (κ2) is 6.69. The van der Waals surface area contributed by atoms with E-state index in [0.29, 0.717) is 24.9 Å². The number of allylic oxidation sites excluding steroid dienone is 2. The lowest BCUT2D eigenvalue weighted by molar-refractivity contribution is -0.120. The van der Waals surface area contributed by atoms with E-state index in [1.807, 2.05) is 6.92 Å². The van der Waals surface area contributed by atoms with Gasteiger partial charge in [-0.25, -0.2) is 0 Å². The maximum absolute atomic E-state index is 11.2. The average molecular weight is 224 g/mol. The van der Waals surface area contributed by atoms with Gasteiger partial charge in [0.15, 0.2) is 0 Å². The first kappa shape index (κ1) is 13.2. The van der Waals surface area contributed by atoms with E-state index in [2.05, 4.69) is 30.6 Å². The van der Waals surface area contributed by atoms with Gasteiger partial charge in [-0.2, -0.15) is 0 Å².